The number of amides is 2. The lowest BCUT2D eigenvalue weighted by atomic mass is 9.87. The van der Waals surface area contributed by atoms with Crippen LogP contribution in [-0.2, 0) is 11.3 Å². The molecule has 1 N–H and O–H groups in total. The van der Waals surface area contributed by atoms with E-state index in [1.54, 1.807) is 27.8 Å². The second-order valence-corrected chi connectivity index (χ2v) is 7.80. The normalized spacial score (nSPS) is 21.8. The molecule has 0 unspecified atom stereocenters. The molecule has 0 bridgehead atoms. The van der Waals surface area contributed by atoms with Gasteiger partial charge >= 0.3 is 0 Å². The standard InChI is InChI=1S/C22H25N3O3/c1-15-6-4-7-16(12-15)13-24-11-5-8-17(21(24)27)22(28)25-14-20(26)23-18-9-2-3-10-19(18)25/h4-8,11-12,18-19H,2-3,9-10,13-14H2,1H3,(H,23,26)/t18-,19+/m0/s1. The molecule has 6 nitrogen and oxygen atoms in total. The first-order valence-corrected chi connectivity index (χ1v) is 9.88. The number of aryl methyl sites for hydroxylation is 1. The molecule has 0 spiro atoms. The number of hydrogen-bond donors (Lipinski definition) is 1. The van der Waals surface area contributed by atoms with Crippen LogP contribution in [0.15, 0.2) is 47.4 Å². The zero-order chi connectivity index (χ0) is 19.7. The minimum absolute atomic E-state index is 0.00261. The Labute approximate surface area is 164 Å². The highest BCUT2D eigenvalue weighted by molar-refractivity contribution is 5.97. The highest BCUT2D eigenvalue weighted by Gasteiger charge is 2.39. The summed E-state index contributed by atoms with van der Waals surface area (Å²) in [6.07, 6.45) is 5.53. The van der Waals surface area contributed by atoms with Gasteiger partial charge in [-0.15, -0.1) is 0 Å². The first kappa shape index (κ1) is 18.5. The number of aromatic nitrogens is 1. The maximum absolute atomic E-state index is 13.2. The third-order valence-corrected chi connectivity index (χ3v) is 5.74. The van der Waals surface area contributed by atoms with Crippen molar-refractivity contribution in [1.82, 2.24) is 14.8 Å². The van der Waals surface area contributed by atoms with Crippen LogP contribution in [0.2, 0.25) is 0 Å². The van der Waals surface area contributed by atoms with Gasteiger partial charge in [0, 0.05) is 12.2 Å². The average Bonchev–Trinajstić information content (AvgIpc) is 2.68. The van der Waals surface area contributed by atoms with Crippen LogP contribution in [0.4, 0.5) is 0 Å². The minimum atomic E-state index is -0.338. The van der Waals surface area contributed by atoms with Gasteiger partial charge in [-0.2, -0.15) is 0 Å². The Morgan fingerprint density at radius 1 is 1.14 bits per heavy atom. The summed E-state index contributed by atoms with van der Waals surface area (Å²) in [5.41, 5.74) is 1.96. The van der Waals surface area contributed by atoms with Crippen LogP contribution < -0.4 is 10.9 Å². The van der Waals surface area contributed by atoms with E-state index < -0.39 is 0 Å². The van der Waals surface area contributed by atoms with E-state index >= 15 is 0 Å². The molecule has 1 aliphatic heterocycles. The number of rotatable bonds is 3. The molecule has 6 heteroatoms. The molecule has 4 rings (SSSR count). The number of piperazine rings is 1. The summed E-state index contributed by atoms with van der Waals surface area (Å²) in [5.74, 6) is -0.483. The molecule has 0 radical (unpaired) electrons. The van der Waals surface area contributed by atoms with Crippen molar-refractivity contribution in [3.8, 4) is 0 Å². The molecule has 2 aliphatic rings. The predicted octanol–water partition coefficient (Wildman–Crippen LogP) is 2.09. The highest BCUT2D eigenvalue weighted by atomic mass is 16.2. The predicted molar refractivity (Wildman–Crippen MR) is 106 cm³/mol. The van der Waals surface area contributed by atoms with Crippen LogP contribution in [-0.4, -0.2) is 39.9 Å². The molecule has 1 saturated carbocycles. The number of pyridine rings is 1. The SMILES string of the molecule is Cc1cccc(Cn2cccc(C(=O)N3CC(=O)N[C@H]4CCCC[C@H]43)c2=O)c1. The van der Waals surface area contributed by atoms with Crippen LogP contribution in [0.1, 0.15) is 47.2 Å². The summed E-state index contributed by atoms with van der Waals surface area (Å²) in [6, 6.07) is 11.2. The Balaban J connectivity index is 1.62. The van der Waals surface area contributed by atoms with Crippen molar-refractivity contribution in [2.75, 3.05) is 6.54 Å². The fourth-order valence-electron chi connectivity index (χ4n) is 4.39. The Morgan fingerprint density at radius 2 is 1.96 bits per heavy atom. The van der Waals surface area contributed by atoms with Gasteiger partial charge in [-0.05, 0) is 37.5 Å². The number of hydrogen-bond acceptors (Lipinski definition) is 3. The zero-order valence-corrected chi connectivity index (χ0v) is 16.1. The van der Waals surface area contributed by atoms with E-state index in [4.69, 9.17) is 0 Å². The molecule has 28 heavy (non-hydrogen) atoms. The summed E-state index contributed by atoms with van der Waals surface area (Å²) in [6.45, 7) is 2.44. The van der Waals surface area contributed by atoms with E-state index in [-0.39, 0.29) is 41.6 Å². The third-order valence-electron chi connectivity index (χ3n) is 5.74. The summed E-state index contributed by atoms with van der Waals surface area (Å²) in [7, 11) is 0. The molecule has 146 valence electrons. The zero-order valence-electron chi connectivity index (χ0n) is 16.1. The van der Waals surface area contributed by atoms with Crippen molar-refractivity contribution >= 4 is 11.8 Å². The Bertz CT molecular complexity index is 965. The van der Waals surface area contributed by atoms with Crippen LogP contribution in [0.3, 0.4) is 0 Å². The molecule has 1 aromatic heterocycles. The fourth-order valence-corrected chi connectivity index (χ4v) is 4.39. The Kier molecular flexibility index (Phi) is 5.03. The van der Waals surface area contributed by atoms with E-state index in [1.807, 2.05) is 31.2 Å². The maximum atomic E-state index is 13.2. The fraction of sp³-hybridized carbons (Fsp3) is 0.409. The molecule has 2 amide bonds. The lowest BCUT2D eigenvalue weighted by Crippen LogP contribution is -2.63. The van der Waals surface area contributed by atoms with Crippen LogP contribution in [0.5, 0.6) is 0 Å². The quantitative estimate of drug-likeness (QED) is 0.888. The van der Waals surface area contributed by atoms with Gasteiger partial charge in [-0.3, -0.25) is 14.4 Å². The minimum Gasteiger partial charge on any atom is -0.350 e. The van der Waals surface area contributed by atoms with Gasteiger partial charge in [0.25, 0.3) is 11.5 Å². The van der Waals surface area contributed by atoms with Gasteiger partial charge in [0.15, 0.2) is 0 Å². The molecular formula is C22H25N3O3. The number of carbonyl (C=O) groups excluding carboxylic acids is 2. The Hall–Kier alpha value is -2.89. The van der Waals surface area contributed by atoms with Crippen molar-refractivity contribution in [1.29, 1.82) is 0 Å². The van der Waals surface area contributed by atoms with Crippen molar-refractivity contribution < 1.29 is 9.59 Å². The van der Waals surface area contributed by atoms with E-state index in [0.29, 0.717) is 6.54 Å². The first-order chi connectivity index (χ1) is 13.5. The molecular weight excluding hydrogens is 354 g/mol. The molecule has 1 aromatic carbocycles. The van der Waals surface area contributed by atoms with Gasteiger partial charge in [-0.1, -0.05) is 42.7 Å². The topological polar surface area (TPSA) is 71.4 Å². The van der Waals surface area contributed by atoms with E-state index in [9.17, 15) is 14.4 Å². The molecule has 2 atom stereocenters. The van der Waals surface area contributed by atoms with E-state index in [2.05, 4.69) is 5.32 Å². The van der Waals surface area contributed by atoms with Crippen LogP contribution >= 0.6 is 0 Å². The number of carbonyl (C=O) groups is 2. The third kappa shape index (κ3) is 3.59. The number of nitrogens with zero attached hydrogens (tertiary/aromatic N) is 2. The van der Waals surface area contributed by atoms with Crippen molar-refractivity contribution in [3.63, 3.8) is 0 Å². The molecule has 1 aliphatic carbocycles. The summed E-state index contributed by atoms with van der Waals surface area (Å²) >= 11 is 0. The van der Waals surface area contributed by atoms with Crippen molar-refractivity contribution in [2.45, 2.75) is 51.2 Å². The smallest absolute Gasteiger partial charge is 0.263 e. The number of fused-ring (bicyclic) bond motifs is 1. The lowest BCUT2D eigenvalue weighted by Gasteiger charge is -2.43. The van der Waals surface area contributed by atoms with E-state index in [1.165, 1.54) is 0 Å². The summed E-state index contributed by atoms with van der Waals surface area (Å²) in [5, 5.41) is 3.00. The number of benzene rings is 1. The number of nitrogens with one attached hydrogen (secondary N) is 1. The highest BCUT2D eigenvalue weighted by Crippen LogP contribution is 2.26. The molecule has 1 saturated heterocycles. The van der Waals surface area contributed by atoms with Crippen molar-refractivity contribution in [3.05, 3.63) is 69.6 Å². The van der Waals surface area contributed by atoms with Gasteiger partial charge in [0.1, 0.15) is 12.1 Å². The van der Waals surface area contributed by atoms with Gasteiger partial charge in [0.05, 0.1) is 12.6 Å². The van der Waals surface area contributed by atoms with Crippen LogP contribution in [0.25, 0.3) is 0 Å². The lowest BCUT2D eigenvalue weighted by molar-refractivity contribution is -0.127. The molecule has 2 aromatic rings. The molecule has 2 heterocycles. The molecule has 2 fully saturated rings. The van der Waals surface area contributed by atoms with Gasteiger partial charge in [-0.25, -0.2) is 0 Å². The Morgan fingerprint density at radius 3 is 2.79 bits per heavy atom. The average molecular weight is 379 g/mol. The van der Waals surface area contributed by atoms with Crippen molar-refractivity contribution in [2.24, 2.45) is 0 Å². The second-order valence-electron chi connectivity index (χ2n) is 7.80. The maximum Gasteiger partial charge on any atom is 0.263 e. The van der Waals surface area contributed by atoms with Gasteiger partial charge in [0.2, 0.25) is 5.91 Å². The monoisotopic (exact) mass is 379 g/mol. The summed E-state index contributed by atoms with van der Waals surface area (Å²) in [4.78, 5) is 39.9. The largest absolute Gasteiger partial charge is 0.350 e. The summed E-state index contributed by atoms with van der Waals surface area (Å²) < 4.78 is 1.56. The van der Waals surface area contributed by atoms with Crippen LogP contribution in [0, 0.1) is 6.92 Å². The van der Waals surface area contributed by atoms with Gasteiger partial charge < -0.3 is 14.8 Å². The second kappa shape index (κ2) is 7.62. The van der Waals surface area contributed by atoms with E-state index in [0.717, 1.165) is 36.8 Å². The first-order valence-electron chi connectivity index (χ1n) is 9.88.